The molecule has 0 spiro atoms. The van der Waals surface area contributed by atoms with E-state index in [9.17, 15) is 0 Å². The van der Waals surface area contributed by atoms with E-state index in [4.69, 9.17) is 0 Å². The molecule has 3 saturated heterocycles. The molecule has 3 aliphatic heterocycles. The molecule has 0 aromatic rings. The van der Waals surface area contributed by atoms with Crippen LogP contribution >= 0.6 is 11.8 Å². The maximum atomic E-state index is 3.36. The van der Waals surface area contributed by atoms with Crippen molar-refractivity contribution in [3.8, 4) is 0 Å². The summed E-state index contributed by atoms with van der Waals surface area (Å²) in [6.07, 6.45) is 1.48. The van der Waals surface area contributed by atoms with E-state index in [2.05, 4.69) is 17.1 Å². The van der Waals surface area contributed by atoms with Gasteiger partial charge in [0.05, 0.1) is 0 Å². The minimum atomic E-state index is 0.985. The summed E-state index contributed by atoms with van der Waals surface area (Å²) in [7, 11) is 0. The Morgan fingerprint density at radius 2 is 1.86 bits per heavy atom. The molecule has 1 N–H and O–H groups in total. The molecule has 3 rings (SSSR count). The highest BCUT2D eigenvalue weighted by Crippen LogP contribution is 2.37. The summed E-state index contributed by atoms with van der Waals surface area (Å²) in [6.45, 7) is 2.53. The fraction of sp³-hybridized carbons (Fsp3) is 1.00. The van der Waals surface area contributed by atoms with Crippen LogP contribution in [0.1, 0.15) is 6.42 Å². The molecule has 0 unspecified atom stereocenters. The van der Waals surface area contributed by atoms with Crippen LogP contribution in [0.25, 0.3) is 0 Å². The molecule has 7 heavy (non-hydrogen) atoms. The molecular weight excluding hydrogens is 106 g/mol. The summed E-state index contributed by atoms with van der Waals surface area (Å²) in [5.74, 6) is 0. The zero-order valence-corrected chi connectivity index (χ0v) is 5.00. The second kappa shape index (κ2) is 1.39. The summed E-state index contributed by atoms with van der Waals surface area (Å²) in [5.41, 5.74) is 0. The van der Waals surface area contributed by atoms with Crippen LogP contribution < -0.4 is 5.32 Å². The van der Waals surface area contributed by atoms with Gasteiger partial charge in [-0.3, -0.25) is 0 Å². The number of hydrogen-bond donors (Lipinski definition) is 1. The Kier molecular flexibility index (Phi) is 0.837. The highest BCUT2D eigenvalue weighted by molar-refractivity contribution is 8.02. The first kappa shape index (κ1) is 4.21. The van der Waals surface area contributed by atoms with Gasteiger partial charge in [-0.15, -0.1) is 0 Å². The van der Waals surface area contributed by atoms with Gasteiger partial charge < -0.3 is 5.32 Å². The lowest BCUT2D eigenvalue weighted by Crippen LogP contribution is -2.48. The van der Waals surface area contributed by atoms with E-state index in [0.29, 0.717) is 0 Å². The normalized spacial score (nSPS) is 48.0. The van der Waals surface area contributed by atoms with Gasteiger partial charge in [0.25, 0.3) is 0 Å². The van der Waals surface area contributed by atoms with Crippen LogP contribution in [0.4, 0.5) is 0 Å². The zero-order valence-electron chi connectivity index (χ0n) is 4.18. The molecule has 0 radical (unpaired) electrons. The highest BCUT2D eigenvalue weighted by atomic mass is 32.2. The van der Waals surface area contributed by atoms with Gasteiger partial charge in [0.2, 0.25) is 0 Å². The van der Waals surface area contributed by atoms with E-state index >= 15 is 0 Å². The Balaban J connectivity index is 1.99. The van der Waals surface area contributed by atoms with Crippen LogP contribution in [0, 0.1) is 0 Å². The fourth-order valence-electron chi connectivity index (χ4n) is 1.22. The number of rotatable bonds is 0. The molecule has 0 aromatic carbocycles. The van der Waals surface area contributed by atoms with Gasteiger partial charge in [-0.1, -0.05) is 0 Å². The fourth-order valence-corrected chi connectivity index (χ4v) is 2.52. The van der Waals surface area contributed by atoms with E-state index in [1.807, 2.05) is 0 Å². The van der Waals surface area contributed by atoms with E-state index in [1.54, 1.807) is 0 Å². The molecule has 0 aliphatic carbocycles. The van der Waals surface area contributed by atoms with Crippen molar-refractivity contribution in [3.63, 3.8) is 0 Å². The van der Waals surface area contributed by atoms with Crippen molar-refractivity contribution in [2.75, 3.05) is 13.1 Å². The monoisotopic (exact) mass is 115 g/mol. The number of thioether (sulfide) groups is 1. The van der Waals surface area contributed by atoms with Crippen molar-refractivity contribution in [2.45, 2.75) is 16.9 Å². The molecule has 3 aliphatic rings. The summed E-state index contributed by atoms with van der Waals surface area (Å²) in [6, 6.07) is 0. The highest BCUT2D eigenvalue weighted by Gasteiger charge is 2.32. The number of piperidine rings is 1. The summed E-state index contributed by atoms with van der Waals surface area (Å²) in [4.78, 5) is 0. The minimum absolute atomic E-state index is 0.985. The quantitative estimate of drug-likeness (QED) is 0.492. The molecule has 2 bridgehead atoms. The second-order valence-corrected chi connectivity index (χ2v) is 3.88. The Hall–Kier alpha value is 0.310. The third-order valence-electron chi connectivity index (χ3n) is 1.65. The van der Waals surface area contributed by atoms with Crippen LogP contribution in [-0.4, -0.2) is 23.6 Å². The van der Waals surface area contributed by atoms with Crippen LogP contribution in [-0.2, 0) is 0 Å². The van der Waals surface area contributed by atoms with E-state index in [1.165, 1.54) is 19.5 Å². The summed E-state index contributed by atoms with van der Waals surface area (Å²) >= 11 is 2.15. The predicted octanol–water partition coefficient (Wildman–Crippen LogP) is 0.464. The topological polar surface area (TPSA) is 12.0 Å². The van der Waals surface area contributed by atoms with Crippen molar-refractivity contribution in [3.05, 3.63) is 0 Å². The van der Waals surface area contributed by atoms with Crippen molar-refractivity contribution < 1.29 is 0 Å². The van der Waals surface area contributed by atoms with Gasteiger partial charge in [0.15, 0.2) is 0 Å². The molecule has 3 fully saturated rings. The van der Waals surface area contributed by atoms with Gasteiger partial charge in [0.1, 0.15) is 0 Å². The average Bonchev–Trinajstić information content (AvgIpc) is 1.67. The predicted molar refractivity (Wildman–Crippen MR) is 32.7 cm³/mol. The molecule has 3 heterocycles. The first-order chi connectivity index (χ1) is 3.45. The first-order valence-corrected chi connectivity index (χ1v) is 3.75. The van der Waals surface area contributed by atoms with Crippen LogP contribution in [0.2, 0.25) is 0 Å². The minimum Gasteiger partial charge on any atom is -0.315 e. The zero-order chi connectivity index (χ0) is 4.69. The van der Waals surface area contributed by atoms with Gasteiger partial charge in [-0.05, 0) is 6.42 Å². The molecule has 0 saturated carbocycles. The van der Waals surface area contributed by atoms with Crippen LogP contribution in [0.3, 0.4) is 0 Å². The Morgan fingerprint density at radius 1 is 1.29 bits per heavy atom. The maximum absolute atomic E-state index is 3.36. The molecule has 40 valence electrons. The Labute approximate surface area is 47.9 Å². The molecule has 1 nitrogen and oxygen atoms in total. The SMILES string of the molecule is C1NC[C@@H]2C[C@@H]1S2. The molecule has 2 atom stereocenters. The maximum Gasteiger partial charge on any atom is 0.0186 e. The van der Waals surface area contributed by atoms with E-state index in [0.717, 1.165) is 10.5 Å². The lowest BCUT2D eigenvalue weighted by atomic mass is 10.1. The molecular formula is C5H9NS. The smallest absolute Gasteiger partial charge is 0.0186 e. The van der Waals surface area contributed by atoms with E-state index < -0.39 is 0 Å². The second-order valence-electron chi connectivity index (χ2n) is 2.27. The molecule has 0 amide bonds. The first-order valence-electron chi connectivity index (χ1n) is 2.81. The average molecular weight is 115 g/mol. The Morgan fingerprint density at radius 3 is 2.00 bits per heavy atom. The lowest BCUT2D eigenvalue weighted by molar-refractivity contribution is 0.503. The number of hydrogen-bond acceptors (Lipinski definition) is 2. The summed E-state index contributed by atoms with van der Waals surface area (Å²) in [5, 5.41) is 5.33. The number of fused-ring (bicyclic) bond motifs is 2. The third-order valence-corrected chi connectivity index (χ3v) is 3.14. The van der Waals surface area contributed by atoms with Crippen LogP contribution in [0.15, 0.2) is 0 Å². The van der Waals surface area contributed by atoms with Gasteiger partial charge in [-0.25, -0.2) is 0 Å². The lowest BCUT2D eigenvalue weighted by Gasteiger charge is -2.40. The Bertz CT molecular complexity index is 64.6. The standard InChI is InChI=1S/C5H9NS/c1-4-2-6-3-5(1)7-4/h4-6H,1-3H2/t4-,5-/m0/s1. The van der Waals surface area contributed by atoms with Crippen LogP contribution in [0.5, 0.6) is 0 Å². The van der Waals surface area contributed by atoms with E-state index in [-0.39, 0.29) is 0 Å². The van der Waals surface area contributed by atoms with Crippen molar-refractivity contribution in [2.24, 2.45) is 0 Å². The third kappa shape index (κ3) is 0.572. The van der Waals surface area contributed by atoms with Crippen molar-refractivity contribution in [1.29, 1.82) is 0 Å². The van der Waals surface area contributed by atoms with Gasteiger partial charge >= 0.3 is 0 Å². The van der Waals surface area contributed by atoms with Gasteiger partial charge in [0, 0.05) is 23.6 Å². The largest absolute Gasteiger partial charge is 0.315 e. The van der Waals surface area contributed by atoms with Gasteiger partial charge in [-0.2, -0.15) is 11.8 Å². The molecule has 0 aromatic heterocycles. The van der Waals surface area contributed by atoms with Crippen molar-refractivity contribution >= 4 is 11.8 Å². The van der Waals surface area contributed by atoms with Crippen molar-refractivity contribution in [1.82, 2.24) is 5.32 Å². The summed E-state index contributed by atoms with van der Waals surface area (Å²) < 4.78 is 0. The number of nitrogens with one attached hydrogen (secondary N) is 1. The molecule has 2 heteroatoms.